The summed E-state index contributed by atoms with van der Waals surface area (Å²) >= 11 is 8.59. The number of halogens is 3. The zero-order valence-electron chi connectivity index (χ0n) is 11.0. The van der Waals surface area contributed by atoms with E-state index in [9.17, 15) is 4.39 Å². The zero-order chi connectivity index (χ0) is 14.7. The quantitative estimate of drug-likeness (QED) is 0.538. The topological polar surface area (TPSA) is 18.5 Å². The van der Waals surface area contributed by atoms with E-state index in [0.29, 0.717) is 17.1 Å². The van der Waals surface area contributed by atoms with Crippen LogP contribution in [0.1, 0.15) is 16.5 Å². The van der Waals surface area contributed by atoms with Crippen LogP contribution < -0.4 is 9.47 Å². The molecule has 0 aliphatic rings. The van der Waals surface area contributed by atoms with E-state index in [2.05, 4.69) is 22.6 Å². The SMILES string of the molecule is COc1cc(F)c(C(Cl)c2cccc(I)c2)cc1OC. The molecule has 5 heteroatoms. The van der Waals surface area contributed by atoms with Crippen molar-refractivity contribution >= 4 is 34.2 Å². The molecule has 20 heavy (non-hydrogen) atoms. The number of hydrogen-bond acceptors (Lipinski definition) is 2. The second kappa shape index (κ2) is 6.63. The molecule has 2 aromatic rings. The van der Waals surface area contributed by atoms with Crippen molar-refractivity contribution in [2.75, 3.05) is 14.2 Å². The number of alkyl halides is 1. The fraction of sp³-hybridized carbons (Fsp3) is 0.200. The van der Waals surface area contributed by atoms with Crippen LogP contribution in [0.4, 0.5) is 4.39 Å². The lowest BCUT2D eigenvalue weighted by molar-refractivity contribution is 0.351. The standard InChI is InChI=1S/C15H13ClFIO2/c1-19-13-7-11(12(17)8-14(13)20-2)15(16)9-4-3-5-10(18)6-9/h3-8,15H,1-2H3. The van der Waals surface area contributed by atoms with Crippen LogP contribution in [0, 0.1) is 9.39 Å². The monoisotopic (exact) mass is 406 g/mol. The predicted molar refractivity (Wildman–Crippen MR) is 86.4 cm³/mol. The van der Waals surface area contributed by atoms with Crippen LogP contribution in [-0.4, -0.2) is 14.2 Å². The van der Waals surface area contributed by atoms with E-state index in [0.717, 1.165) is 9.13 Å². The van der Waals surface area contributed by atoms with Crippen LogP contribution in [0.3, 0.4) is 0 Å². The first-order valence-electron chi connectivity index (χ1n) is 5.87. The van der Waals surface area contributed by atoms with Gasteiger partial charge in [-0.15, -0.1) is 11.6 Å². The maximum absolute atomic E-state index is 14.2. The minimum Gasteiger partial charge on any atom is -0.493 e. The summed E-state index contributed by atoms with van der Waals surface area (Å²) in [5.41, 5.74) is 1.20. The Labute approximate surface area is 136 Å². The van der Waals surface area contributed by atoms with Crippen LogP contribution in [0.25, 0.3) is 0 Å². The van der Waals surface area contributed by atoms with Crippen molar-refractivity contribution in [3.05, 3.63) is 56.9 Å². The second-order valence-corrected chi connectivity index (χ2v) is 5.83. The minimum atomic E-state index is -0.579. The van der Waals surface area contributed by atoms with Crippen LogP contribution in [0.5, 0.6) is 11.5 Å². The largest absolute Gasteiger partial charge is 0.493 e. The van der Waals surface area contributed by atoms with Crippen LogP contribution in [0.15, 0.2) is 36.4 Å². The first-order chi connectivity index (χ1) is 9.56. The number of methoxy groups -OCH3 is 2. The third kappa shape index (κ3) is 3.17. The van der Waals surface area contributed by atoms with Gasteiger partial charge in [-0.1, -0.05) is 12.1 Å². The minimum absolute atomic E-state index is 0.347. The molecule has 1 unspecified atom stereocenters. The summed E-state index contributed by atoms with van der Waals surface area (Å²) in [6, 6.07) is 10.5. The third-order valence-electron chi connectivity index (χ3n) is 2.92. The van der Waals surface area contributed by atoms with E-state index in [1.807, 2.05) is 24.3 Å². The van der Waals surface area contributed by atoms with Gasteiger partial charge in [-0.05, 0) is 46.4 Å². The van der Waals surface area contributed by atoms with E-state index in [1.54, 1.807) is 6.07 Å². The molecular formula is C15H13ClFIO2. The molecule has 0 saturated heterocycles. The van der Waals surface area contributed by atoms with Gasteiger partial charge >= 0.3 is 0 Å². The van der Waals surface area contributed by atoms with E-state index in [-0.39, 0.29) is 0 Å². The van der Waals surface area contributed by atoms with Crippen LogP contribution >= 0.6 is 34.2 Å². The summed E-state index contributed by atoms with van der Waals surface area (Å²) < 4.78 is 25.5. The zero-order valence-corrected chi connectivity index (χ0v) is 13.9. The van der Waals surface area contributed by atoms with Gasteiger partial charge in [-0.3, -0.25) is 0 Å². The van der Waals surface area contributed by atoms with Gasteiger partial charge in [0.1, 0.15) is 5.82 Å². The van der Waals surface area contributed by atoms with Crippen molar-refractivity contribution in [1.82, 2.24) is 0 Å². The second-order valence-electron chi connectivity index (χ2n) is 4.15. The highest BCUT2D eigenvalue weighted by Gasteiger charge is 2.19. The molecule has 0 aromatic heterocycles. The molecule has 0 fully saturated rings. The average Bonchev–Trinajstić information content (AvgIpc) is 2.46. The highest BCUT2D eigenvalue weighted by Crippen LogP contribution is 2.37. The Balaban J connectivity index is 2.46. The smallest absolute Gasteiger partial charge is 0.163 e. The molecule has 0 bridgehead atoms. The van der Waals surface area contributed by atoms with Gasteiger partial charge in [0.05, 0.1) is 19.6 Å². The van der Waals surface area contributed by atoms with Crippen molar-refractivity contribution in [1.29, 1.82) is 0 Å². The summed E-state index contributed by atoms with van der Waals surface area (Å²) in [6.07, 6.45) is 0. The molecule has 0 N–H and O–H groups in total. The molecule has 1 atom stereocenters. The van der Waals surface area contributed by atoms with Gasteiger partial charge in [-0.2, -0.15) is 0 Å². The van der Waals surface area contributed by atoms with Gasteiger partial charge in [0, 0.05) is 15.2 Å². The average molecular weight is 407 g/mol. The summed E-state index contributed by atoms with van der Waals surface area (Å²) in [7, 11) is 2.98. The van der Waals surface area contributed by atoms with Gasteiger partial charge in [0.25, 0.3) is 0 Å². The maximum atomic E-state index is 14.2. The summed E-state index contributed by atoms with van der Waals surface area (Å²) in [6.45, 7) is 0. The van der Waals surface area contributed by atoms with Crippen molar-refractivity contribution in [3.63, 3.8) is 0 Å². The first kappa shape index (κ1) is 15.4. The summed E-state index contributed by atoms with van der Waals surface area (Å²) in [4.78, 5) is 0. The van der Waals surface area contributed by atoms with E-state index in [4.69, 9.17) is 21.1 Å². The molecule has 0 heterocycles. The number of benzene rings is 2. The molecule has 0 radical (unpaired) electrons. The van der Waals surface area contributed by atoms with Crippen LogP contribution in [-0.2, 0) is 0 Å². The Bertz CT molecular complexity index is 619. The maximum Gasteiger partial charge on any atom is 0.163 e. The Morgan fingerprint density at radius 1 is 1.10 bits per heavy atom. The van der Waals surface area contributed by atoms with Gasteiger partial charge in [0.2, 0.25) is 0 Å². The van der Waals surface area contributed by atoms with Crippen molar-refractivity contribution in [2.45, 2.75) is 5.38 Å². The molecule has 0 saturated carbocycles. The fourth-order valence-corrected chi connectivity index (χ4v) is 2.78. The first-order valence-corrected chi connectivity index (χ1v) is 7.39. The van der Waals surface area contributed by atoms with Crippen molar-refractivity contribution < 1.29 is 13.9 Å². The summed E-state index contributed by atoms with van der Waals surface area (Å²) in [5.74, 6) is 0.391. The number of hydrogen-bond donors (Lipinski definition) is 0. The van der Waals surface area contributed by atoms with E-state index >= 15 is 0 Å². The van der Waals surface area contributed by atoms with E-state index < -0.39 is 11.2 Å². The highest BCUT2D eigenvalue weighted by atomic mass is 127. The lowest BCUT2D eigenvalue weighted by atomic mass is 10.0. The molecule has 2 nitrogen and oxygen atoms in total. The third-order valence-corrected chi connectivity index (χ3v) is 4.08. The normalized spacial score (nSPS) is 12.1. The molecule has 2 aromatic carbocycles. The predicted octanol–water partition coefficient (Wildman–Crippen LogP) is 4.78. The van der Waals surface area contributed by atoms with E-state index in [1.165, 1.54) is 20.3 Å². The molecule has 0 aliphatic heterocycles. The Morgan fingerprint density at radius 2 is 1.75 bits per heavy atom. The van der Waals surface area contributed by atoms with Gasteiger partial charge in [0.15, 0.2) is 11.5 Å². The van der Waals surface area contributed by atoms with Gasteiger partial charge in [-0.25, -0.2) is 4.39 Å². The Hall–Kier alpha value is -1.01. The van der Waals surface area contributed by atoms with Gasteiger partial charge < -0.3 is 9.47 Å². The highest BCUT2D eigenvalue weighted by molar-refractivity contribution is 14.1. The number of ether oxygens (including phenoxy) is 2. The molecule has 106 valence electrons. The molecular weight excluding hydrogens is 394 g/mol. The Kier molecular flexibility index (Phi) is 5.10. The fourth-order valence-electron chi connectivity index (χ4n) is 1.91. The lowest BCUT2D eigenvalue weighted by Gasteiger charge is -2.15. The molecule has 2 rings (SSSR count). The molecule has 0 amide bonds. The lowest BCUT2D eigenvalue weighted by Crippen LogP contribution is -2.00. The molecule has 0 spiro atoms. The summed E-state index contributed by atoms with van der Waals surface area (Å²) in [5, 5.41) is -0.579. The van der Waals surface area contributed by atoms with Crippen molar-refractivity contribution in [3.8, 4) is 11.5 Å². The number of rotatable bonds is 4. The molecule has 0 aliphatic carbocycles. The van der Waals surface area contributed by atoms with Crippen LogP contribution in [0.2, 0.25) is 0 Å². The Morgan fingerprint density at radius 3 is 2.35 bits per heavy atom. The van der Waals surface area contributed by atoms with Crippen molar-refractivity contribution in [2.24, 2.45) is 0 Å².